The lowest BCUT2D eigenvalue weighted by Crippen LogP contribution is -2.42. The number of ether oxygens (including phenoxy) is 2. The Bertz CT molecular complexity index is 1620. The zero-order chi connectivity index (χ0) is 37.1. The molecule has 0 aliphatic carbocycles. The highest BCUT2D eigenvalue weighted by Crippen LogP contribution is 2.36. The van der Waals surface area contributed by atoms with Gasteiger partial charge in [-0.15, -0.1) is 0 Å². The first-order chi connectivity index (χ1) is 23.2. The normalized spacial score (nSPS) is 13.8. The predicted octanol–water partition coefficient (Wildman–Crippen LogP) is 9.26. The number of amides is 2. The Labute approximate surface area is 293 Å². The van der Waals surface area contributed by atoms with Crippen molar-refractivity contribution in [3.8, 4) is 33.6 Å². The number of aromatic nitrogens is 4. The van der Waals surface area contributed by atoms with E-state index in [0.717, 1.165) is 33.6 Å². The minimum atomic E-state index is -0.941. The largest absolute Gasteiger partial charge is 0.444 e. The van der Waals surface area contributed by atoms with E-state index in [4.69, 9.17) is 9.47 Å². The van der Waals surface area contributed by atoms with Crippen molar-refractivity contribution in [3.05, 3.63) is 72.6 Å². The monoisotopic (exact) mass is 692 g/mol. The van der Waals surface area contributed by atoms with Gasteiger partial charge in [0.15, 0.2) is 0 Å². The number of nitrogens with one attached hydrogen (secondary N) is 4. The van der Waals surface area contributed by atoms with E-state index in [2.05, 4.69) is 30.6 Å². The first-order valence-corrected chi connectivity index (χ1v) is 16.6. The fourth-order valence-electron chi connectivity index (χ4n) is 5.22. The van der Waals surface area contributed by atoms with E-state index < -0.39 is 59.7 Å². The van der Waals surface area contributed by atoms with Gasteiger partial charge in [0.25, 0.3) is 0 Å². The summed E-state index contributed by atoms with van der Waals surface area (Å²) in [6.07, 6.45) is 2.03. The molecule has 2 amide bonds. The molecular formula is C38H50F2N6O4. The number of halogens is 2. The predicted molar refractivity (Wildman–Crippen MR) is 191 cm³/mol. The first-order valence-electron chi connectivity index (χ1n) is 16.6. The number of hydrogen-bond acceptors (Lipinski definition) is 6. The Morgan fingerprint density at radius 3 is 1.18 bits per heavy atom. The molecule has 270 valence electrons. The number of carbonyl (C=O) groups is 2. The molecule has 0 spiro atoms. The molecule has 0 unspecified atom stereocenters. The van der Waals surface area contributed by atoms with Gasteiger partial charge in [-0.2, -0.15) is 0 Å². The van der Waals surface area contributed by atoms with E-state index in [1.165, 1.54) is 0 Å². The summed E-state index contributed by atoms with van der Waals surface area (Å²) in [5, 5.41) is 5.57. The van der Waals surface area contributed by atoms with Crippen molar-refractivity contribution < 1.29 is 27.8 Å². The Morgan fingerprint density at radius 1 is 0.600 bits per heavy atom. The second-order valence-corrected chi connectivity index (χ2v) is 15.9. The van der Waals surface area contributed by atoms with Crippen molar-refractivity contribution in [2.24, 2.45) is 10.8 Å². The lowest BCUT2D eigenvalue weighted by molar-refractivity contribution is 0.0425. The second kappa shape index (κ2) is 14.6. The van der Waals surface area contributed by atoms with E-state index in [0.29, 0.717) is 11.6 Å². The van der Waals surface area contributed by atoms with Gasteiger partial charge >= 0.3 is 12.2 Å². The van der Waals surface area contributed by atoms with Gasteiger partial charge in [-0.05, 0) is 63.8 Å². The highest BCUT2D eigenvalue weighted by atomic mass is 19.1. The molecule has 0 radical (unpaired) electrons. The van der Waals surface area contributed by atoms with Crippen LogP contribution < -0.4 is 10.6 Å². The van der Waals surface area contributed by atoms with E-state index >= 15 is 0 Å². The molecule has 0 bridgehead atoms. The average molecular weight is 693 g/mol. The summed E-state index contributed by atoms with van der Waals surface area (Å²) in [5.41, 5.74) is 1.87. The topological polar surface area (TPSA) is 134 Å². The molecule has 2 aromatic carbocycles. The van der Waals surface area contributed by atoms with Gasteiger partial charge in [-0.25, -0.2) is 19.6 Å². The molecule has 50 heavy (non-hydrogen) atoms. The Hall–Kier alpha value is -4.74. The highest BCUT2D eigenvalue weighted by Gasteiger charge is 2.37. The summed E-state index contributed by atoms with van der Waals surface area (Å²) in [5.74, 6) is 0.852. The molecule has 10 nitrogen and oxygen atoms in total. The molecule has 0 saturated heterocycles. The summed E-state index contributed by atoms with van der Waals surface area (Å²) < 4.78 is 38.9. The Kier molecular flexibility index (Phi) is 11.1. The van der Waals surface area contributed by atoms with Crippen LogP contribution in [0.3, 0.4) is 0 Å². The van der Waals surface area contributed by atoms with Crippen LogP contribution >= 0.6 is 0 Å². The third-order valence-electron chi connectivity index (χ3n) is 8.04. The number of nitrogens with zero attached hydrogens (tertiary/aromatic N) is 2. The summed E-state index contributed by atoms with van der Waals surface area (Å²) in [6.45, 7) is 16.1. The molecule has 0 aliphatic rings. The van der Waals surface area contributed by atoms with Gasteiger partial charge in [0, 0.05) is 10.8 Å². The van der Waals surface area contributed by atoms with Crippen LogP contribution in [0.15, 0.2) is 60.9 Å². The average Bonchev–Trinajstić information content (AvgIpc) is 3.72. The molecule has 0 fully saturated rings. The van der Waals surface area contributed by atoms with Crippen LogP contribution in [-0.2, 0) is 9.47 Å². The molecule has 2 aromatic heterocycles. The van der Waals surface area contributed by atoms with Gasteiger partial charge in [0.05, 0.1) is 49.2 Å². The van der Waals surface area contributed by atoms with E-state index in [1.807, 2.05) is 48.5 Å². The lowest BCUT2D eigenvalue weighted by atomic mass is 9.85. The molecule has 12 heteroatoms. The van der Waals surface area contributed by atoms with Crippen molar-refractivity contribution in [1.82, 2.24) is 30.6 Å². The van der Waals surface area contributed by atoms with Crippen LogP contribution in [0.25, 0.3) is 33.6 Å². The molecule has 0 saturated carbocycles. The SMILES string of the molecule is CC(C)(C)OC(=O)N[C@H](c1ncc(-c2ccc(-c3ccc(-c4cnc([C@@H](NC(=O)OC(C)(C)C)C(C)(C)CF)[nH]4)cc3)cc2)[nH]1)C(C)(C)CF. The summed E-state index contributed by atoms with van der Waals surface area (Å²) in [7, 11) is 0. The summed E-state index contributed by atoms with van der Waals surface area (Å²) in [4.78, 5) is 40.6. The summed E-state index contributed by atoms with van der Waals surface area (Å²) in [6, 6.07) is 14.3. The number of H-pyrrole nitrogens is 2. The third kappa shape index (κ3) is 9.70. The van der Waals surface area contributed by atoms with Crippen LogP contribution in [0.5, 0.6) is 0 Å². The van der Waals surface area contributed by atoms with Crippen LogP contribution in [0.4, 0.5) is 18.4 Å². The van der Waals surface area contributed by atoms with Crippen molar-refractivity contribution in [2.45, 2.75) is 92.5 Å². The highest BCUT2D eigenvalue weighted by molar-refractivity contribution is 5.72. The third-order valence-corrected chi connectivity index (χ3v) is 8.04. The van der Waals surface area contributed by atoms with Crippen molar-refractivity contribution in [2.75, 3.05) is 13.3 Å². The first kappa shape index (κ1) is 38.1. The molecule has 2 heterocycles. The van der Waals surface area contributed by atoms with Gasteiger partial charge < -0.3 is 30.1 Å². The zero-order valence-electron chi connectivity index (χ0n) is 30.6. The zero-order valence-corrected chi connectivity index (χ0v) is 30.6. The molecule has 4 rings (SSSR count). The fourth-order valence-corrected chi connectivity index (χ4v) is 5.22. The van der Waals surface area contributed by atoms with Gasteiger partial charge in [0.1, 0.15) is 22.9 Å². The Balaban J connectivity index is 1.50. The number of hydrogen-bond donors (Lipinski definition) is 4. The van der Waals surface area contributed by atoms with E-state index in [1.54, 1.807) is 81.6 Å². The maximum Gasteiger partial charge on any atom is 0.408 e. The number of aromatic amines is 2. The standard InChI is InChI=1S/C38H50F2N6O4/c1-35(2,3)49-33(47)45-29(37(7,8)21-39)31-41-19-27(43-31)25-15-11-23(12-16-25)24-13-17-26(18-14-24)28-20-42-32(44-28)30(38(9,10)22-40)46-34(48)50-36(4,5)6/h11-20,29-30H,21-22H2,1-10H3,(H,41,43)(H,42,44)(H,45,47)(H,46,48)/t29-,30-/m1/s1. The molecule has 4 aromatic rings. The maximum absolute atomic E-state index is 14.1. The fraction of sp³-hybridized carbons (Fsp3) is 0.474. The summed E-state index contributed by atoms with van der Waals surface area (Å²) >= 11 is 0. The minimum absolute atomic E-state index is 0.426. The lowest BCUT2D eigenvalue weighted by Gasteiger charge is -2.32. The van der Waals surface area contributed by atoms with Gasteiger partial charge in [-0.3, -0.25) is 8.78 Å². The van der Waals surface area contributed by atoms with Crippen LogP contribution in [0.1, 0.15) is 93.0 Å². The number of carbonyl (C=O) groups excluding carboxylic acids is 2. The number of imidazole rings is 2. The van der Waals surface area contributed by atoms with Crippen LogP contribution in [0.2, 0.25) is 0 Å². The van der Waals surface area contributed by atoms with Crippen molar-refractivity contribution in [1.29, 1.82) is 0 Å². The molecule has 0 aliphatic heterocycles. The smallest absolute Gasteiger partial charge is 0.408 e. The van der Waals surface area contributed by atoms with Gasteiger partial charge in [-0.1, -0.05) is 76.2 Å². The molecule has 2 atom stereocenters. The van der Waals surface area contributed by atoms with Gasteiger partial charge in [0.2, 0.25) is 0 Å². The van der Waals surface area contributed by atoms with Crippen molar-refractivity contribution in [3.63, 3.8) is 0 Å². The maximum atomic E-state index is 14.1. The van der Waals surface area contributed by atoms with Crippen LogP contribution in [0, 0.1) is 10.8 Å². The van der Waals surface area contributed by atoms with E-state index in [-0.39, 0.29) is 0 Å². The Morgan fingerprint density at radius 2 is 0.900 bits per heavy atom. The number of alkyl halides is 2. The molecule has 4 N–H and O–H groups in total. The number of benzene rings is 2. The molecular weight excluding hydrogens is 642 g/mol. The van der Waals surface area contributed by atoms with E-state index in [9.17, 15) is 18.4 Å². The quantitative estimate of drug-likeness (QED) is 0.124. The van der Waals surface area contributed by atoms with Crippen molar-refractivity contribution >= 4 is 12.2 Å². The number of alkyl carbamates (subject to hydrolysis) is 2. The number of rotatable bonds is 11. The van der Waals surface area contributed by atoms with Crippen LogP contribution in [-0.4, -0.2) is 56.7 Å². The minimum Gasteiger partial charge on any atom is -0.444 e. The second-order valence-electron chi connectivity index (χ2n) is 15.9.